The van der Waals surface area contributed by atoms with Crippen LogP contribution in [0.25, 0.3) is 0 Å². The summed E-state index contributed by atoms with van der Waals surface area (Å²) < 4.78 is 1.54. The van der Waals surface area contributed by atoms with Crippen molar-refractivity contribution in [1.29, 1.82) is 0 Å². The highest BCUT2D eigenvalue weighted by Gasteiger charge is 2.18. The van der Waals surface area contributed by atoms with E-state index < -0.39 is 6.04 Å². The van der Waals surface area contributed by atoms with Crippen LogP contribution in [-0.4, -0.2) is 20.9 Å². The van der Waals surface area contributed by atoms with E-state index in [0.29, 0.717) is 0 Å². The van der Waals surface area contributed by atoms with Gasteiger partial charge in [-0.05, 0) is 25.5 Å². The smallest absolute Gasteiger partial charge is 0.249 e. The number of benzene rings is 1. The van der Waals surface area contributed by atoms with Crippen molar-refractivity contribution in [1.82, 2.24) is 15.0 Å². The van der Waals surface area contributed by atoms with E-state index in [1.165, 1.54) is 0 Å². The van der Waals surface area contributed by atoms with Gasteiger partial charge in [0, 0.05) is 5.69 Å². The van der Waals surface area contributed by atoms with Crippen molar-refractivity contribution in [2.45, 2.75) is 38.8 Å². The molecule has 0 saturated carbocycles. The van der Waals surface area contributed by atoms with Crippen molar-refractivity contribution < 1.29 is 4.79 Å². The summed E-state index contributed by atoms with van der Waals surface area (Å²) in [4.78, 5) is 12.2. The zero-order valence-electron chi connectivity index (χ0n) is 12.4. The first-order valence-electron chi connectivity index (χ1n) is 7.15. The average molecular weight is 287 g/mol. The molecule has 0 bridgehead atoms. The quantitative estimate of drug-likeness (QED) is 0.853. The van der Waals surface area contributed by atoms with Crippen LogP contribution in [0.5, 0.6) is 0 Å². The Balaban J connectivity index is 2.02. The van der Waals surface area contributed by atoms with Crippen LogP contribution in [-0.2, 0) is 4.79 Å². The minimum Gasteiger partial charge on any atom is -0.324 e. The van der Waals surface area contributed by atoms with Crippen molar-refractivity contribution in [3.8, 4) is 0 Å². The highest BCUT2D eigenvalue weighted by molar-refractivity contribution is 5.93. The maximum absolute atomic E-state index is 12.2. The largest absolute Gasteiger partial charge is 0.324 e. The van der Waals surface area contributed by atoms with E-state index in [1.807, 2.05) is 30.3 Å². The van der Waals surface area contributed by atoms with Crippen LogP contribution >= 0.6 is 0 Å². The number of nitrogens with zero attached hydrogens (tertiary/aromatic N) is 3. The summed E-state index contributed by atoms with van der Waals surface area (Å²) in [7, 11) is 0. The summed E-state index contributed by atoms with van der Waals surface area (Å²) in [5.74, 6) is -0.137. The summed E-state index contributed by atoms with van der Waals surface area (Å²) >= 11 is 0. The van der Waals surface area contributed by atoms with E-state index >= 15 is 0 Å². The molecular formula is C15H21N5O. The van der Waals surface area contributed by atoms with Crippen molar-refractivity contribution in [3.63, 3.8) is 0 Å². The molecule has 2 rings (SSSR count). The fraction of sp³-hybridized carbons (Fsp3) is 0.400. The molecular weight excluding hydrogens is 266 g/mol. The van der Waals surface area contributed by atoms with Crippen molar-refractivity contribution in [2.75, 3.05) is 5.32 Å². The fourth-order valence-electron chi connectivity index (χ4n) is 2.00. The van der Waals surface area contributed by atoms with E-state index in [2.05, 4.69) is 22.6 Å². The van der Waals surface area contributed by atoms with E-state index in [4.69, 9.17) is 5.73 Å². The maximum Gasteiger partial charge on any atom is 0.249 e. The maximum atomic E-state index is 12.2. The second kappa shape index (κ2) is 6.99. The second-order valence-electron chi connectivity index (χ2n) is 5.05. The Morgan fingerprint density at radius 3 is 2.76 bits per heavy atom. The number of nitrogens with one attached hydrogen (secondary N) is 1. The first-order chi connectivity index (χ1) is 10.1. The Labute approximate surface area is 124 Å². The normalized spacial score (nSPS) is 13.7. The number of nitrogens with two attached hydrogens (primary N) is 1. The lowest BCUT2D eigenvalue weighted by molar-refractivity contribution is -0.119. The van der Waals surface area contributed by atoms with Gasteiger partial charge in [0.15, 0.2) is 0 Å². The molecule has 2 atom stereocenters. The van der Waals surface area contributed by atoms with Gasteiger partial charge in [-0.3, -0.25) is 4.79 Å². The van der Waals surface area contributed by atoms with Gasteiger partial charge >= 0.3 is 0 Å². The van der Waals surface area contributed by atoms with Crippen molar-refractivity contribution >= 4 is 11.6 Å². The van der Waals surface area contributed by atoms with E-state index in [-0.39, 0.29) is 11.9 Å². The van der Waals surface area contributed by atoms with E-state index in [0.717, 1.165) is 24.2 Å². The van der Waals surface area contributed by atoms with Crippen molar-refractivity contribution in [3.05, 3.63) is 42.2 Å². The fourth-order valence-corrected chi connectivity index (χ4v) is 2.00. The van der Waals surface area contributed by atoms with Crippen LogP contribution in [0.3, 0.4) is 0 Å². The summed E-state index contributed by atoms with van der Waals surface area (Å²) in [6.07, 6.45) is 3.58. The molecule has 1 aromatic heterocycles. The minimum absolute atomic E-state index is 0.131. The predicted molar refractivity (Wildman–Crippen MR) is 81.6 cm³/mol. The van der Waals surface area contributed by atoms with Gasteiger partial charge < -0.3 is 11.1 Å². The second-order valence-corrected chi connectivity index (χ2v) is 5.05. The zero-order valence-corrected chi connectivity index (χ0v) is 12.4. The first kappa shape index (κ1) is 15.2. The predicted octanol–water partition coefficient (Wildman–Crippen LogP) is 2.28. The molecule has 1 heterocycles. The number of hydrogen-bond acceptors (Lipinski definition) is 4. The summed E-state index contributed by atoms with van der Waals surface area (Å²) in [6.45, 7) is 3.85. The molecule has 21 heavy (non-hydrogen) atoms. The van der Waals surface area contributed by atoms with E-state index in [9.17, 15) is 4.79 Å². The molecule has 1 amide bonds. The van der Waals surface area contributed by atoms with Crippen LogP contribution < -0.4 is 11.1 Å². The van der Waals surface area contributed by atoms with Crippen LogP contribution in [0.15, 0.2) is 36.5 Å². The third-order valence-corrected chi connectivity index (χ3v) is 3.33. The Morgan fingerprint density at radius 2 is 2.10 bits per heavy atom. The Kier molecular flexibility index (Phi) is 5.05. The molecule has 0 aliphatic carbocycles. The van der Waals surface area contributed by atoms with E-state index in [1.54, 1.807) is 17.8 Å². The summed E-state index contributed by atoms with van der Waals surface area (Å²) in [6, 6.07) is 8.75. The number of amides is 1. The van der Waals surface area contributed by atoms with Gasteiger partial charge in [-0.25, -0.2) is 4.68 Å². The van der Waals surface area contributed by atoms with Crippen molar-refractivity contribution in [2.24, 2.45) is 5.73 Å². The van der Waals surface area contributed by atoms with Gasteiger partial charge in [0.05, 0.1) is 17.9 Å². The van der Waals surface area contributed by atoms with Crippen LogP contribution in [0.4, 0.5) is 5.69 Å². The number of anilines is 1. The SMILES string of the molecule is CCCC(N)c1cn(C(C)C(=O)Nc2ccccc2)nn1. The molecule has 0 aliphatic rings. The molecule has 2 aromatic rings. The molecule has 0 aliphatic heterocycles. The zero-order chi connectivity index (χ0) is 15.2. The molecule has 2 unspecified atom stereocenters. The Hall–Kier alpha value is -2.21. The molecule has 1 aromatic carbocycles. The van der Waals surface area contributed by atoms with Crippen LogP contribution in [0, 0.1) is 0 Å². The van der Waals surface area contributed by atoms with Gasteiger partial charge in [0.2, 0.25) is 5.91 Å². The monoisotopic (exact) mass is 287 g/mol. The summed E-state index contributed by atoms with van der Waals surface area (Å²) in [5.41, 5.74) is 7.48. The molecule has 6 nitrogen and oxygen atoms in total. The van der Waals surface area contributed by atoms with Gasteiger partial charge in [-0.15, -0.1) is 5.10 Å². The topological polar surface area (TPSA) is 85.8 Å². The molecule has 0 spiro atoms. The molecule has 0 saturated heterocycles. The highest BCUT2D eigenvalue weighted by Crippen LogP contribution is 2.15. The Morgan fingerprint density at radius 1 is 1.38 bits per heavy atom. The molecule has 6 heteroatoms. The number of carbonyl (C=O) groups excluding carboxylic acids is 1. The third-order valence-electron chi connectivity index (χ3n) is 3.33. The number of carbonyl (C=O) groups is 1. The number of para-hydroxylation sites is 1. The van der Waals surface area contributed by atoms with Gasteiger partial charge in [0.1, 0.15) is 6.04 Å². The lowest BCUT2D eigenvalue weighted by atomic mass is 10.1. The number of rotatable bonds is 6. The Bertz CT molecular complexity index is 581. The molecule has 0 fully saturated rings. The first-order valence-corrected chi connectivity index (χ1v) is 7.15. The number of hydrogen-bond donors (Lipinski definition) is 2. The van der Waals surface area contributed by atoms with Gasteiger partial charge in [0.25, 0.3) is 0 Å². The molecule has 3 N–H and O–H groups in total. The summed E-state index contributed by atoms with van der Waals surface area (Å²) in [5, 5.41) is 10.9. The van der Waals surface area contributed by atoms with Gasteiger partial charge in [-0.2, -0.15) is 0 Å². The lowest BCUT2D eigenvalue weighted by Gasteiger charge is -2.12. The standard InChI is InChI=1S/C15H21N5O/c1-3-7-13(16)14-10-20(19-18-14)11(2)15(21)17-12-8-5-4-6-9-12/h4-6,8-11,13H,3,7,16H2,1-2H3,(H,17,21). The third kappa shape index (κ3) is 3.88. The minimum atomic E-state index is -0.444. The lowest BCUT2D eigenvalue weighted by Crippen LogP contribution is -2.24. The number of aromatic nitrogens is 3. The molecule has 0 radical (unpaired) electrons. The van der Waals surface area contributed by atoms with Crippen LogP contribution in [0.1, 0.15) is 44.5 Å². The van der Waals surface area contributed by atoms with Crippen LogP contribution in [0.2, 0.25) is 0 Å². The average Bonchev–Trinajstić information content (AvgIpc) is 2.97. The molecule has 112 valence electrons. The van der Waals surface area contributed by atoms with Gasteiger partial charge in [-0.1, -0.05) is 36.8 Å². The highest BCUT2D eigenvalue weighted by atomic mass is 16.2.